The van der Waals surface area contributed by atoms with Crippen LogP contribution in [0, 0.1) is 0 Å². The number of carbonyl (C=O) groups is 1. The second kappa shape index (κ2) is 7.98. The van der Waals surface area contributed by atoms with Gasteiger partial charge in [-0.15, -0.1) is 0 Å². The predicted molar refractivity (Wildman–Crippen MR) is 102 cm³/mol. The van der Waals surface area contributed by atoms with Crippen LogP contribution in [-0.4, -0.2) is 60.8 Å². The van der Waals surface area contributed by atoms with Crippen molar-refractivity contribution in [2.45, 2.75) is 6.42 Å². The molecule has 8 nitrogen and oxygen atoms in total. The number of pyridine rings is 1. The van der Waals surface area contributed by atoms with E-state index in [1.54, 1.807) is 26.4 Å². The Kier molecular flexibility index (Phi) is 5.70. The number of ether oxygens (including phenoxy) is 2. The third kappa shape index (κ3) is 3.50. The molecule has 1 aliphatic rings. The lowest BCUT2D eigenvalue weighted by atomic mass is 10.1. The molecule has 1 aromatic heterocycles. The molecule has 1 aliphatic heterocycles. The van der Waals surface area contributed by atoms with E-state index in [1.807, 2.05) is 0 Å². The number of hydrogen-bond donors (Lipinski definition) is 2. The minimum atomic E-state index is -1.00. The Labute approximate surface area is 156 Å². The lowest BCUT2D eigenvalue weighted by Gasteiger charge is -2.26. The van der Waals surface area contributed by atoms with E-state index in [2.05, 4.69) is 14.2 Å². The fourth-order valence-corrected chi connectivity index (χ4v) is 3.65. The number of methoxy groups -OCH3 is 2. The van der Waals surface area contributed by atoms with Crippen molar-refractivity contribution in [3.63, 3.8) is 0 Å². The van der Waals surface area contributed by atoms with Gasteiger partial charge in [-0.2, -0.15) is 0 Å². The largest absolute Gasteiger partial charge is 0.493 e. The summed E-state index contributed by atoms with van der Waals surface area (Å²) in [5.41, 5.74) is 1.50. The quantitative estimate of drug-likeness (QED) is 0.756. The van der Waals surface area contributed by atoms with Gasteiger partial charge in [-0.3, -0.25) is 10.1 Å². The van der Waals surface area contributed by atoms with Crippen molar-refractivity contribution >= 4 is 34.7 Å². The zero-order valence-corrected chi connectivity index (χ0v) is 15.6. The van der Waals surface area contributed by atoms with Crippen molar-refractivity contribution in [1.29, 1.82) is 0 Å². The maximum Gasteiger partial charge on any atom is 0.339 e. The Balaban J connectivity index is 2.16. The minimum Gasteiger partial charge on any atom is -0.493 e. The summed E-state index contributed by atoms with van der Waals surface area (Å²) in [5.74, 6) is 0.0983. The van der Waals surface area contributed by atoms with Crippen molar-refractivity contribution in [3.05, 3.63) is 23.9 Å². The third-order valence-electron chi connectivity index (χ3n) is 4.50. The van der Waals surface area contributed by atoms with Crippen LogP contribution >= 0.6 is 12.1 Å². The van der Waals surface area contributed by atoms with Crippen LogP contribution in [0.4, 0.5) is 5.69 Å². The van der Waals surface area contributed by atoms with Gasteiger partial charge in [0, 0.05) is 56.0 Å². The van der Waals surface area contributed by atoms with E-state index in [1.165, 1.54) is 18.3 Å². The molecule has 0 spiro atoms. The number of hydrogen-bond acceptors (Lipinski definition) is 8. The molecule has 0 aliphatic carbocycles. The van der Waals surface area contributed by atoms with Crippen LogP contribution in [0.2, 0.25) is 0 Å². The van der Waals surface area contributed by atoms with Gasteiger partial charge in [0.1, 0.15) is 5.56 Å². The first-order valence-electron chi connectivity index (χ1n) is 8.23. The molecule has 0 bridgehead atoms. The number of fused-ring (bicyclic) bond motifs is 1. The second-order valence-electron chi connectivity index (χ2n) is 5.93. The minimum absolute atomic E-state index is 0.179. The van der Waals surface area contributed by atoms with E-state index < -0.39 is 5.97 Å². The molecule has 26 heavy (non-hydrogen) atoms. The molecular weight excluding hydrogens is 356 g/mol. The van der Waals surface area contributed by atoms with E-state index in [9.17, 15) is 9.90 Å². The zero-order chi connectivity index (χ0) is 18.7. The first-order chi connectivity index (χ1) is 12.6. The molecule has 1 saturated heterocycles. The normalized spacial score (nSPS) is 15.7. The summed E-state index contributed by atoms with van der Waals surface area (Å²) >= 11 is 1.22. The molecule has 140 valence electrons. The number of aromatic nitrogens is 1. The van der Waals surface area contributed by atoms with Crippen LogP contribution in [-0.2, 0) is 0 Å². The molecule has 1 fully saturated rings. The average molecular weight is 378 g/mol. The maximum absolute atomic E-state index is 11.8. The first-order valence-corrected chi connectivity index (χ1v) is 9.07. The van der Waals surface area contributed by atoms with Gasteiger partial charge in [-0.05, 0) is 12.5 Å². The second-order valence-corrected chi connectivity index (χ2v) is 6.65. The van der Waals surface area contributed by atoms with E-state index >= 15 is 0 Å². The summed E-state index contributed by atoms with van der Waals surface area (Å²) in [7, 11) is 3.12. The Hall–Kier alpha value is -2.23. The monoisotopic (exact) mass is 378 g/mol. The van der Waals surface area contributed by atoms with Crippen molar-refractivity contribution < 1.29 is 19.4 Å². The van der Waals surface area contributed by atoms with Crippen molar-refractivity contribution in [3.8, 4) is 11.5 Å². The standard InChI is InChI=1S/C17H22N4O4S/c1-24-14-8-11-13(9-15(14)25-2)19-10-12(17(22)23)16(11)20-4-3-5-21(26-18)7-6-20/h8-10H,3-7,18H2,1-2H3,(H,22,23). The van der Waals surface area contributed by atoms with Crippen molar-refractivity contribution in [2.24, 2.45) is 5.14 Å². The smallest absolute Gasteiger partial charge is 0.339 e. The molecule has 1 aromatic carbocycles. The van der Waals surface area contributed by atoms with E-state index in [-0.39, 0.29) is 5.56 Å². The average Bonchev–Trinajstić information content (AvgIpc) is 2.91. The number of benzene rings is 1. The van der Waals surface area contributed by atoms with Crippen molar-refractivity contribution in [1.82, 2.24) is 9.29 Å². The van der Waals surface area contributed by atoms with Gasteiger partial charge < -0.3 is 19.5 Å². The zero-order valence-electron chi connectivity index (χ0n) is 14.8. The van der Waals surface area contributed by atoms with Gasteiger partial charge in [0.2, 0.25) is 0 Å². The number of carboxylic acid groups (broad SMARTS) is 1. The molecule has 0 unspecified atom stereocenters. The molecule has 0 amide bonds. The third-order valence-corrected chi connectivity index (χ3v) is 5.16. The molecule has 9 heteroatoms. The Morgan fingerprint density at radius 3 is 2.58 bits per heavy atom. The topological polar surface area (TPSA) is 101 Å². The molecule has 0 saturated carbocycles. The van der Waals surface area contributed by atoms with Crippen LogP contribution in [0.15, 0.2) is 18.3 Å². The number of nitrogens with zero attached hydrogens (tertiary/aromatic N) is 3. The van der Waals surface area contributed by atoms with Crippen LogP contribution in [0.3, 0.4) is 0 Å². The van der Waals surface area contributed by atoms with Gasteiger partial charge in [0.15, 0.2) is 11.5 Å². The highest BCUT2D eigenvalue weighted by Crippen LogP contribution is 2.38. The number of anilines is 1. The number of rotatable bonds is 5. The Bertz CT molecular complexity index is 817. The van der Waals surface area contributed by atoms with Gasteiger partial charge >= 0.3 is 5.97 Å². The van der Waals surface area contributed by atoms with Gasteiger partial charge in [0.25, 0.3) is 0 Å². The highest BCUT2D eigenvalue weighted by molar-refractivity contribution is 7.94. The SMILES string of the molecule is COc1cc2ncc(C(=O)O)c(N3CCCN(SN)CC3)c2cc1OC. The highest BCUT2D eigenvalue weighted by Gasteiger charge is 2.24. The van der Waals surface area contributed by atoms with Gasteiger partial charge in [-0.1, -0.05) is 0 Å². The van der Waals surface area contributed by atoms with E-state index in [0.29, 0.717) is 29.2 Å². The summed E-state index contributed by atoms with van der Waals surface area (Å²) in [6.45, 7) is 3.03. The molecule has 3 rings (SSSR count). The number of aromatic carboxylic acids is 1. The molecule has 3 N–H and O–H groups in total. The van der Waals surface area contributed by atoms with Crippen LogP contribution in [0.25, 0.3) is 10.9 Å². The summed E-state index contributed by atoms with van der Waals surface area (Å²) in [6, 6.07) is 3.56. The van der Waals surface area contributed by atoms with Gasteiger partial charge in [0.05, 0.1) is 25.4 Å². The maximum atomic E-state index is 11.8. The van der Waals surface area contributed by atoms with E-state index in [4.69, 9.17) is 14.6 Å². The Morgan fingerprint density at radius 2 is 1.92 bits per heavy atom. The molecular formula is C17H22N4O4S. The number of nitrogens with two attached hydrogens (primary N) is 1. The van der Waals surface area contributed by atoms with Crippen LogP contribution in [0.5, 0.6) is 11.5 Å². The fourth-order valence-electron chi connectivity index (χ4n) is 3.23. The van der Waals surface area contributed by atoms with E-state index in [0.717, 1.165) is 31.4 Å². The predicted octanol–water partition coefficient (Wildman–Crippen LogP) is 1.98. The molecule has 2 aromatic rings. The fraction of sp³-hybridized carbons (Fsp3) is 0.412. The molecule has 0 radical (unpaired) electrons. The molecule has 2 heterocycles. The van der Waals surface area contributed by atoms with Crippen molar-refractivity contribution in [2.75, 3.05) is 45.3 Å². The van der Waals surface area contributed by atoms with Gasteiger partial charge in [-0.25, -0.2) is 9.10 Å². The highest BCUT2D eigenvalue weighted by atomic mass is 32.2. The summed E-state index contributed by atoms with van der Waals surface area (Å²) in [5, 5.41) is 16.1. The van der Waals surface area contributed by atoms with Crippen LogP contribution < -0.4 is 19.5 Å². The summed E-state index contributed by atoms with van der Waals surface area (Å²) < 4.78 is 12.8. The lowest BCUT2D eigenvalue weighted by molar-refractivity contribution is 0.0697. The first kappa shape index (κ1) is 18.6. The molecule has 0 atom stereocenters. The Morgan fingerprint density at radius 1 is 1.19 bits per heavy atom. The lowest BCUT2D eigenvalue weighted by Crippen LogP contribution is -2.30. The summed E-state index contributed by atoms with van der Waals surface area (Å²) in [4.78, 5) is 18.2. The summed E-state index contributed by atoms with van der Waals surface area (Å²) in [6.07, 6.45) is 2.30. The number of carboxylic acids is 1. The van der Waals surface area contributed by atoms with Crippen LogP contribution in [0.1, 0.15) is 16.8 Å².